The fourth-order valence-electron chi connectivity index (χ4n) is 1.34. The highest BCUT2D eigenvalue weighted by Gasteiger charge is 2.21. The molecule has 0 aromatic heterocycles. The number of hydrogen-bond acceptors (Lipinski definition) is 4. The van der Waals surface area contributed by atoms with Crippen molar-refractivity contribution in [3.8, 4) is 24.3 Å². The van der Waals surface area contributed by atoms with E-state index in [4.69, 9.17) is 21.0 Å². The van der Waals surface area contributed by atoms with Crippen LogP contribution < -0.4 is 10.4 Å². The van der Waals surface area contributed by atoms with E-state index < -0.39 is 43.5 Å². The van der Waals surface area contributed by atoms with E-state index in [1.807, 2.05) is 0 Å². The molecular weight excluding hydrogens is 337 g/mol. The maximum atomic E-state index is 14.0. The molecular formula is C12BrF3N4. The highest BCUT2D eigenvalue weighted by Crippen LogP contribution is 2.12. The van der Waals surface area contributed by atoms with Crippen molar-refractivity contribution in [2.24, 2.45) is 0 Å². The van der Waals surface area contributed by atoms with Gasteiger partial charge in [-0.3, -0.25) is 0 Å². The second-order valence-corrected chi connectivity index (χ2v) is 4.00. The van der Waals surface area contributed by atoms with Gasteiger partial charge in [0.05, 0.1) is 14.9 Å². The lowest BCUT2D eigenvalue weighted by Gasteiger charge is -2.02. The van der Waals surface area contributed by atoms with Gasteiger partial charge in [-0.2, -0.15) is 21.0 Å². The van der Waals surface area contributed by atoms with Gasteiger partial charge in [-0.1, -0.05) is 0 Å². The molecule has 1 aromatic rings. The first-order valence-electron chi connectivity index (χ1n) is 4.65. The van der Waals surface area contributed by atoms with Crippen molar-refractivity contribution in [1.82, 2.24) is 0 Å². The molecule has 0 aliphatic carbocycles. The zero-order valence-electron chi connectivity index (χ0n) is 9.30. The first-order chi connectivity index (χ1) is 9.44. The quantitative estimate of drug-likeness (QED) is 0.666. The highest BCUT2D eigenvalue weighted by atomic mass is 79.9. The highest BCUT2D eigenvalue weighted by molar-refractivity contribution is 9.10. The largest absolute Gasteiger partial charge is 0.205 e. The summed E-state index contributed by atoms with van der Waals surface area (Å²) in [6.45, 7) is 0. The van der Waals surface area contributed by atoms with Crippen LogP contribution in [0.3, 0.4) is 0 Å². The topological polar surface area (TPSA) is 95.2 Å². The van der Waals surface area contributed by atoms with Crippen molar-refractivity contribution in [2.75, 3.05) is 0 Å². The second kappa shape index (κ2) is 5.89. The normalized spacial score (nSPS) is 8.80. The Morgan fingerprint density at radius 1 is 0.700 bits per heavy atom. The smallest absolute Gasteiger partial charge is 0.171 e. The van der Waals surface area contributed by atoms with Crippen molar-refractivity contribution in [1.29, 1.82) is 21.0 Å². The van der Waals surface area contributed by atoms with E-state index in [0.29, 0.717) is 0 Å². The number of nitrogens with zero attached hydrogens (tertiary/aromatic N) is 4. The first kappa shape index (κ1) is 15.2. The summed E-state index contributed by atoms with van der Waals surface area (Å²) in [5.41, 5.74) is -1.82. The maximum Gasteiger partial charge on any atom is 0.171 e. The van der Waals surface area contributed by atoms with Gasteiger partial charge in [-0.15, -0.1) is 0 Å². The molecule has 0 radical (unpaired) electrons. The van der Waals surface area contributed by atoms with Crippen LogP contribution in [0.2, 0.25) is 0 Å². The van der Waals surface area contributed by atoms with Crippen LogP contribution in [0.5, 0.6) is 0 Å². The number of benzene rings is 1. The van der Waals surface area contributed by atoms with Gasteiger partial charge in [-0.25, -0.2) is 13.2 Å². The third-order valence-electron chi connectivity index (χ3n) is 2.21. The van der Waals surface area contributed by atoms with Crippen molar-refractivity contribution >= 4 is 27.1 Å². The molecule has 20 heavy (non-hydrogen) atoms. The van der Waals surface area contributed by atoms with Crippen LogP contribution >= 0.6 is 15.9 Å². The van der Waals surface area contributed by atoms with Gasteiger partial charge in [0.25, 0.3) is 0 Å². The molecule has 8 heteroatoms. The monoisotopic (exact) mass is 336 g/mol. The zero-order chi connectivity index (χ0) is 15.4. The summed E-state index contributed by atoms with van der Waals surface area (Å²) >= 11 is 2.59. The average Bonchev–Trinajstić information content (AvgIpc) is 2.46. The average molecular weight is 337 g/mol. The first-order valence-corrected chi connectivity index (χ1v) is 5.44. The second-order valence-electron chi connectivity index (χ2n) is 3.20. The van der Waals surface area contributed by atoms with E-state index in [-0.39, 0.29) is 0 Å². The fraction of sp³-hybridized carbons (Fsp3) is 0. The Bertz CT molecular complexity index is 750. The Balaban J connectivity index is 4.35. The van der Waals surface area contributed by atoms with E-state index in [1.54, 1.807) is 0 Å². The van der Waals surface area contributed by atoms with Crippen molar-refractivity contribution in [3.63, 3.8) is 0 Å². The lowest BCUT2D eigenvalue weighted by atomic mass is 10.1. The van der Waals surface area contributed by atoms with Crippen LogP contribution in [0, 0.1) is 62.8 Å². The predicted molar refractivity (Wildman–Crippen MR) is 62.5 cm³/mol. The summed E-state index contributed by atoms with van der Waals surface area (Å²) in [7, 11) is 0. The van der Waals surface area contributed by atoms with Crippen LogP contribution in [0.25, 0.3) is 11.1 Å². The summed E-state index contributed by atoms with van der Waals surface area (Å²) in [5, 5.41) is 32.4. The van der Waals surface area contributed by atoms with Crippen LogP contribution in [-0.4, -0.2) is 0 Å². The number of rotatable bonds is 0. The standard InChI is InChI=1S/C12BrF3N4/c13-9-7(5(1-17)2-18)11(15)12(16)8(10(9)14)6(3-19)4-20. The molecule has 0 aliphatic heterocycles. The molecule has 0 N–H and O–H groups in total. The zero-order valence-corrected chi connectivity index (χ0v) is 10.9. The molecule has 4 nitrogen and oxygen atoms in total. The summed E-state index contributed by atoms with van der Waals surface area (Å²) in [5.74, 6) is -4.96. The summed E-state index contributed by atoms with van der Waals surface area (Å²) < 4.78 is 40.8. The Labute approximate surface area is 118 Å². The molecule has 0 saturated heterocycles. The Morgan fingerprint density at radius 2 is 1.05 bits per heavy atom. The molecule has 1 rings (SSSR count). The van der Waals surface area contributed by atoms with Gasteiger partial charge in [0.2, 0.25) is 0 Å². The van der Waals surface area contributed by atoms with E-state index in [0.717, 1.165) is 0 Å². The third-order valence-corrected chi connectivity index (χ3v) is 2.96. The lowest BCUT2D eigenvalue weighted by Crippen LogP contribution is -2.28. The van der Waals surface area contributed by atoms with E-state index >= 15 is 0 Å². The number of hydrogen-bond donors (Lipinski definition) is 0. The molecule has 0 heterocycles. The summed E-state index contributed by atoms with van der Waals surface area (Å²) in [6.07, 6.45) is 0. The maximum absolute atomic E-state index is 14.0. The Morgan fingerprint density at radius 3 is 1.45 bits per heavy atom. The molecule has 0 amide bonds. The van der Waals surface area contributed by atoms with Gasteiger partial charge in [-0.05, 0) is 15.9 Å². The van der Waals surface area contributed by atoms with Gasteiger partial charge in [0.15, 0.2) is 17.5 Å². The van der Waals surface area contributed by atoms with Crippen LogP contribution in [0.15, 0.2) is 4.47 Å². The lowest BCUT2D eigenvalue weighted by molar-refractivity contribution is 0.476. The Hall–Kier alpha value is -2.81. The van der Waals surface area contributed by atoms with Crippen molar-refractivity contribution < 1.29 is 13.2 Å². The minimum atomic E-state index is -1.82. The van der Waals surface area contributed by atoms with Crippen LogP contribution in [-0.2, 0) is 0 Å². The summed E-state index contributed by atoms with van der Waals surface area (Å²) in [6, 6.07) is 5.06. The molecule has 0 fully saturated rings. The molecule has 0 saturated carbocycles. The minimum absolute atomic E-state index is 0.715. The van der Waals surface area contributed by atoms with Gasteiger partial charge in [0.1, 0.15) is 35.4 Å². The molecule has 1 aromatic carbocycles. The SMILES string of the molecule is N#CC(C#N)=c1c(F)c(F)c(=C(C#N)C#N)c(Br)c1F. The number of halogens is 4. The van der Waals surface area contributed by atoms with Crippen LogP contribution in [0.4, 0.5) is 13.2 Å². The van der Waals surface area contributed by atoms with E-state index in [1.165, 1.54) is 24.3 Å². The van der Waals surface area contributed by atoms with Gasteiger partial charge >= 0.3 is 0 Å². The Kier molecular flexibility index (Phi) is 4.49. The fourth-order valence-corrected chi connectivity index (χ4v) is 1.91. The minimum Gasteiger partial charge on any atom is -0.205 e. The molecule has 0 bridgehead atoms. The third kappa shape index (κ3) is 2.21. The van der Waals surface area contributed by atoms with Crippen molar-refractivity contribution in [3.05, 3.63) is 32.4 Å². The molecule has 0 spiro atoms. The molecule has 0 atom stereocenters. The number of nitriles is 4. The predicted octanol–water partition coefficient (Wildman–Crippen LogP) is 1.26. The van der Waals surface area contributed by atoms with E-state index in [9.17, 15) is 13.2 Å². The van der Waals surface area contributed by atoms with Crippen molar-refractivity contribution in [2.45, 2.75) is 0 Å². The van der Waals surface area contributed by atoms with Crippen LogP contribution in [0.1, 0.15) is 0 Å². The molecule has 0 aliphatic rings. The molecule has 0 unspecified atom stereocenters. The van der Waals surface area contributed by atoms with Gasteiger partial charge < -0.3 is 0 Å². The van der Waals surface area contributed by atoms with Gasteiger partial charge in [0, 0.05) is 0 Å². The van der Waals surface area contributed by atoms with E-state index in [2.05, 4.69) is 15.9 Å². The molecule has 96 valence electrons. The summed E-state index contributed by atoms with van der Waals surface area (Å²) in [4.78, 5) is 0.